The second kappa shape index (κ2) is 9.64. The van der Waals surface area contributed by atoms with Gasteiger partial charge in [0.1, 0.15) is 11.9 Å². The number of alkyl halides is 3. The van der Waals surface area contributed by atoms with Crippen LogP contribution in [0.5, 0.6) is 5.75 Å². The zero-order valence-corrected chi connectivity index (χ0v) is 16.6. The van der Waals surface area contributed by atoms with Crippen LogP contribution in [0.4, 0.5) is 23.7 Å². The maximum atomic E-state index is 12.9. The SMILES string of the molecule is O=C(NCc1ccc(Cl)c(C(F)(F)F)c1)Nc1cccc2c1OC(C(=O)[O-])CC2.[Li+]. The van der Waals surface area contributed by atoms with Crippen molar-refractivity contribution in [2.24, 2.45) is 0 Å². The molecule has 0 aliphatic carbocycles. The Morgan fingerprint density at radius 1 is 1.23 bits per heavy atom. The quantitative estimate of drug-likeness (QED) is 0.669. The fraction of sp³-hybridized carbons (Fsp3) is 0.263. The first kappa shape index (κ1) is 23.9. The van der Waals surface area contributed by atoms with Gasteiger partial charge in [0.15, 0.2) is 0 Å². The number of aliphatic carboxylic acids is 1. The third-order valence-corrected chi connectivity index (χ3v) is 4.66. The van der Waals surface area contributed by atoms with E-state index in [4.69, 9.17) is 16.3 Å². The number of aryl methyl sites for hydroxylation is 1. The van der Waals surface area contributed by atoms with Gasteiger partial charge in [-0.25, -0.2) is 4.79 Å². The number of amides is 2. The summed E-state index contributed by atoms with van der Waals surface area (Å²) in [7, 11) is 0. The minimum absolute atomic E-state index is 0. The van der Waals surface area contributed by atoms with Gasteiger partial charge in [-0.3, -0.25) is 0 Å². The van der Waals surface area contributed by atoms with Crippen LogP contribution in [0, 0.1) is 0 Å². The van der Waals surface area contributed by atoms with Crippen molar-refractivity contribution in [3.8, 4) is 5.75 Å². The number of nitrogens with one attached hydrogen (secondary N) is 2. The number of carboxylic acid groups (broad SMARTS) is 1. The number of hydrogen-bond donors (Lipinski definition) is 2. The molecule has 3 rings (SSSR count). The van der Waals surface area contributed by atoms with Crippen molar-refractivity contribution >= 4 is 29.3 Å². The minimum Gasteiger partial charge on any atom is -0.546 e. The molecule has 1 unspecified atom stereocenters. The van der Waals surface area contributed by atoms with E-state index in [1.165, 1.54) is 12.1 Å². The number of anilines is 1. The molecule has 0 radical (unpaired) electrons. The summed E-state index contributed by atoms with van der Waals surface area (Å²) in [5, 5.41) is 15.6. The number of urea groups is 1. The van der Waals surface area contributed by atoms with Crippen LogP contribution in [0.2, 0.25) is 5.02 Å². The summed E-state index contributed by atoms with van der Waals surface area (Å²) in [6, 6.07) is 7.60. The zero-order chi connectivity index (χ0) is 21.2. The van der Waals surface area contributed by atoms with Crippen molar-refractivity contribution in [1.82, 2.24) is 5.32 Å². The third-order valence-electron chi connectivity index (χ3n) is 4.33. The van der Waals surface area contributed by atoms with Gasteiger partial charge in [-0.1, -0.05) is 29.8 Å². The molecule has 0 saturated heterocycles. The molecule has 11 heteroatoms. The Balaban J connectivity index is 0.00000320. The van der Waals surface area contributed by atoms with E-state index in [0.29, 0.717) is 6.42 Å². The third kappa shape index (κ3) is 5.63. The van der Waals surface area contributed by atoms with Gasteiger partial charge in [0.25, 0.3) is 0 Å². The molecule has 0 bridgehead atoms. The Labute approximate surface area is 186 Å². The van der Waals surface area contributed by atoms with Crippen LogP contribution in [-0.4, -0.2) is 18.1 Å². The maximum Gasteiger partial charge on any atom is 1.00 e. The average Bonchev–Trinajstić information content (AvgIpc) is 2.66. The standard InChI is InChI=1S/C19H16ClF3N2O4.Li/c20-13-6-4-10(8-12(13)19(21,22)23)9-24-18(28)25-14-3-1-2-11-5-7-15(17(26)27)29-16(11)14;/h1-4,6,8,15H,5,7,9H2,(H,26,27)(H2,24,25,28);/q;+1/p-1. The van der Waals surface area contributed by atoms with Crippen LogP contribution < -0.4 is 39.3 Å². The van der Waals surface area contributed by atoms with E-state index < -0.39 is 34.9 Å². The van der Waals surface area contributed by atoms with Gasteiger partial charge in [0, 0.05) is 6.54 Å². The van der Waals surface area contributed by atoms with Crippen molar-refractivity contribution in [1.29, 1.82) is 0 Å². The van der Waals surface area contributed by atoms with E-state index in [-0.39, 0.29) is 48.8 Å². The number of rotatable bonds is 4. The Morgan fingerprint density at radius 3 is 2.63 bits per heavy atom. The van der Waals surface area contributed by atoms with Crippen LogP contribution in [0.25, 0.3) is 0 Å². The normalized spacial score (nSPS) is 15.3. The van der Waals surface area contributed by atoms with Crippen LogP contribution in [0.1, 0.15) is 23.1 Å². The van der Waals surface area contributed by atoms with Crippen LogP contribution in [-0.2, 0) is 23.9 Å². The Hall–Kier alpha value is -2.34. The number of halogens is 4. The number of carboxylic acids is 1. The summed E-state index contributed by atoms with van der Waals surface area (Å²) in [6.45, 7) is -0.177. The van der Waals surface area contributed by atoms with Gasteiger partial charge in [0.2, 0.25) is 0 Å². The molecule has 2 aromatic rings. The molecule has 0 saturated carbocycles. The van der Waals surface area contributed by atoms with Crippen LogP contribution in [0.3, 0.4) is 0 Å². The predicted molar refractivity (Wildman–Crippen MR) is 96.5 cm³/mol. The second-order valence-corrected chi connectivity index (χ2v) is 6.78. The van der Waals surface area contributed by atoms with Crippen molar-refractivity contribution in [3.63, 3.8) is 0 Å². The summed E-state index contributed by atoms with van der Waals surface area (Å²) >= 11 is 5.57. The van der Waals surface area contributed by atoms with E-state index in [1.54, 1.807) is 12.1 Å². The van der Waals surface area contributed by atoms with Gasteiger partial charge in [-0.2, -0.15) is 13.2 Å². The van der Waals surface area contributed by atoms with E-state index in [1.807, 2.05) is 0 Å². The molecule has 1 heterocycles. The van der Waals surface area contributed by atoms with Crippen molar-refractivity contribution in [3.05, 3.63) is 58.1 Å². The van der Waals surface area contributed by atoms with Gasteiger partial charge < -0.3 is 25.3 Å². The van der Waals surface area contributed by atoms with Gasteiger partial charge in [-0.15, -0.1) is 0 Å². The zero-order valence-electron chi connectivity index (χ0n) is 15.8. The Bertz CT molecular complexity index is 956. The fourth-order valence-electron chi connectivity index (χ4n) is 2.92. The molecule has 1 atom stereocenters. The molecule has 154 valence electrons. The van der Waals surface area contributed by atoms with E-state index in [9.17, 15) is 27.9 Å². The molecule has 1 aliphatic heterocycles. The molecule has 0 spiro atoms. The summed E-state index contributed by atoms with van der Waals surface area (Å²) in [5.41, 5.74) is 0.198. The first-order valence-corrected chi connectivity index (χ1v) is 8.93. The number of carbonyl (C=O) groups excluding carboxylic acids is 2. The van der Waals surface area contributed by atoms with Crippen molar-refractivity contribution in [2.45, 2.75) is 31.7 Å². The molecule has 2 amide bonds. The number of fused-ring (bicyclic) bond motifs is 1. The van der Waals surface area contributed by atoms with Crippen LogP contribution in [0.15, 0.2) is 36.4 Å². The first-order chi connectivity index (χ1) is 13.6. The smallest absolute Gasteiger partial charge is 0.546 e. The van der Waals surface area contributed by atoms with Crippen LogP contribution >= 0.6 is 11.6 Å². The van der Waals surface area contributed by atoms with Gasteiger partial charge >= 0.3 is 31.1 Å². The number of benzene rings is 2. The predicted octanol–water partition coefficient (Wildman–Crippen LogP) is 0.128. The first-order valence-electron chi connectivity index (χ1n) is 8.55. The Morgan fingerprint density at radius 2 is 1.97 bits per heavy atom. The molecule has 2 aromatic carbocycles. The Kier molecular flexibility index (Phi) is 7.69. The summed E-state index contributed by atoms with van der Waals surface area (Å²) < 4.78 is 44.2. The fourth-order valence-corrected chi connectivity index (χ4v) is 3.15. The molecule has 2 N–H and O–H groups in total. The van der Waals surface area contributed by atoms with Gasteiger partial charge in [0.05, 0.1) is 22.2 Å². The molecule has 1 aliphatic rings. The van der Waals surface area contributed by atoms with Crippen molar-refractivity contribution < 1.29 is 51.5 Å². The van der Waals surface area contributed by atoms with Crippen molar-refractivity contribution in [2.75, 3.05) is 5.32 Å². The van der Waals surface area contributed by atoms with E-state index in [0.717, 1.165) is 17.7 Å². The second-order valence-electron chi connectivity index (χ2n) is 6.38. The number of ether oxygens (including phenoxy) is 1. The molecule has 0 fully saturated rings. The largest absolute Gasteiger partial charge is 1.00 e. The summed E-state index contributed by atoms with van der Waals surface area (Å²) in [5.74, 6) is -1.12. The molecule has 6 nitrogen and oxygen atoms in total. The summed E-state index contributed by atoms with van der Waals surface area (Å²) in [6.07, 6.45) is -5.03. The van der Waals surface area contributed by atoms with Gasteiger partial charge in [-0.05, 0) is 42.2 Å². The maximum absolute atomic E-state index is 12.9. The van der Waals surface area contributed by atoms with E-state index in [2.05, 4.69) is 10.6 Å². The van der Waals surface area contributed by atoms with E-state index >= 15 is 0 Å². The number of hydrogen-bond acceptors (Lipinski definition) is 4. The molecular formula is C19H15ClF3LiN2O4. The molecular weight excluding hydrogens is 420 g/mol. The minimum atomic E-state index is -4.61. The number of carbonyl (C=O) groups is 2. The topological polar surface area (TPSA) is 90.5 Å². The number of para-hydroxylation sites is 1. The summed E-state index contributed by atoms with van der Waals surface area (Å²) in [4.78, 5) is 23.2. The average molecular weight is 435 g/mol. The molecule has 30 heavy (non-hydrogen) atoms. The molecule has 0 aromatic heterocycles. The monoisotopic (exact) mass is 434 g/mol.